The summed E-state index contributed by atoms with van der Waals surface area (Å²) in [6, 6.07) is 3.54. The van der Waals surface area contributed by atoms with Crippen LogP contribution in [0, 0.1) is 6.92 Å². The van der Waals surface area contributed by atoms with Crippen LogP contribution >= 0.6 is 0 Å². The quantitative estimate of drug-likeness (QED) is 0.797. The number of benzene rings is 1. The van der Waals surface area contributed by atoms with Gasteiger partial charge in [-0.05, 0) is 44.5 Å². The summed E-state index contributed by atoms with van der Waals surface area (Å²) in [6.45, 7) is 5.49. The number of carbonyl (C=O) groups excluding carboxylic acids is 1. The van der Waals surface area contributed by atoms with Gasteiger partial charge in [-0.1, -0.05) is 0 Å². The van der Waals surface area contributed by atoms with Crippen molar-refractivity contribution in [3.63, 3.8) is 0 Å². The van der Waals surface area contributed by atoms with E-state index < -0.39 is 22.0 Å². The van der Waals surface area contributed by atoms with Crippen LogP contribution in [0.15, 0.2) is 23.1 Å². The number of aryl methyl sites for hydroxylation is 1. The van der Waals surface area contributed by atoms with Crippen molar-refractivity contribution in [2.24, 2.45) is 5.73 Å². The van der Waals surface area contributed by atoms with Gasteiger partial charge in [0.1, 0.15) is 5.75 Å². The second-order valence-electron chi connectivity index (χ2n) is 4.11. The van der Waals surface area contributed by atoms with E-state index in [9.17, 15) is 13.2 Å². The minimum absolute atomic E-state index is 0.0709. The Morgan fingerprint density at radius 3 is 2.58 bits per heavy atom. The van der Waals surface area contributed by atoms with Gasteiger partial charge < -0.3 is 10.5 Å². The molecule has 7 heteroatoms. The summed E-state index contributed by atoms with van der Waals surface area (Å²) in [5.74, 6) is -0.101. The molecule has 0 radical (unpaired) electrons. The maximum atomic E-state index is 12.0. The van der Waals surface area contributed by atoms with E-state index in [1.165, 1.54) is 19.1 Å². The first kappa shape index (κ1) is 15.5. The normalized spacial score (nSPS) is 13.0. The van der Waals surface area contributed by atoms with Crippen molar-refractivity contribution in [3.05, 3.63) is 23.8 Å². The molecule has 0 saturated carbocycles. The summed E-state index contributed by atoms with van der Waals surface area (Å²) >= 11 is 0. The highest BCUT2D eigenvalue weighted by Gasteiger charge is 2.20. The lowest BCUT2D eigenvalue weighted by Crippen LogP contribution is -2.42. The van der Waals surface area contributed by atoms with Crippen LogP contribution in [0.5, 0.6) is 5.75 Å². The maximum Gasteiger partial charge on any atom is 0.241 e. The van der Waals surface area contributed by atoms with Gasteiger partial charge in [-0.15, -0.1) is 0 Å². The summed E-state index contributed by atoms with van der Waals surface area (Å²) in [7, 11) is -3.77. The molecular weight excluding hydrogens is 268 g/mol. The van der Waals surface area contributed by atoms with Gasteiger partial charge in [0.2, 0.25) is 15.9 Å². The van der Waals surface area contributed by atoms with Crippen LogP contribution in [0.1, 0.15) is 19.4 Å². The molecule has 0 heterocycles. The first-order valence-electron chi connectivity index (χ1n) is 5.83. The molecule has 0 fully saturated rings. The van der Waals surface area contributed by atoms with Crippen LogP contribution in [0.4, 0.5) is 0 Å². The lowest BCUT2D eigenvalue weighted by atomic mass is 10.2. The van der Waals surface area contributed by atoms with Crippen LogP contribution in [0.2, 0.25) is 0 Å². The van der Waals surface area contributed by atoms with Crippen molar-refractivity contribution in [1.29, 1.82) is 0 Å². The fraction of sp³-hybridized carbons (Fsp3) is 0.417. The third-order valence-corrected chi connectivity index (χ3v) is 4.05. The molecule has 1 atom stereocenters. The molecule has 0 saturated heterocycles. The lowest BCUT2D eigenvalue weighted by Gasteiger charge is -2.13. The molecular formula is C12H18N2O4S. The van der Waals surface area contributed by atoms with E-state index in [1.807, 2.05) is 6.92 Å². The number of nitrogens with one attached hydrogen (secondary N) is 1. The van der Waals surface area contributed by atoms with E-state index in [0.717, 1.165) is 0 Å². The van der Waals surface area contributed by atoms with Crippen molar-refractivity contribution in [3.8, 4) is 5.75 Å². The van der Waals surface area contributed by atoms with Gasteiger partial charge in [-0.25, -0.2) is 8.42 Å². The highest BCUT2D eigenvalue weighted by Crippen LogP contribution is 2.21. The second kappa shape index (κ2) is 6.03. The number of amides is 1. The average molecular weight is 286 g/mol. The Labute approximate surface area is 113 Å². The van der Waals surface area contributed by atoms with E-state index in [2.05, 4.69) is 4.72 Å². The van der Waals surface area contributed by atoms with Crippen LogP contribution in [-0.2, 0) is 14.8 Å². The Kier molecular flexibility index (Phi) is 4.90. The predicted molar refractivity (Wildman–Crippen MR) is 71.3 cm³/mol. The standard InChI is InChI=1S/C12H18N2O4S/c1-4-18-11-6-5-10(7-8(11)2)19(16,17)14-9(3)12(13)15/h5-7,9,14H,4H2,1-3H3,(H2,13,15). The minimum Gasteiger partial charge on any atom is -0.494 e. The first-order valence-corrected chi connectivity index (χ1v) is 7.31. The Morgan fingerprint density at radius 1 is 1.47 bits per heavy atom. The highest BCUT2D eigenvalue weighted by molar-refractivity contribution is 7.89. The highest BCUT2D eigenvalue weighted by atomic mass is 32.2. The molecule has 1 aromatic carbocycles. The van der Waals surface area contributed by atoms with E-state index in [1.54, 1.807) is 13.0 Å². The fourth-order valence-corrected chi connectivity index (χ4v) is 2.76. The van der Waals surface area contributed by atoms with Crippen molar-refractivity contribution < 1.29 is 17.9 Å². The molecule has 106 valence electrons. The number of carbonyl (C=O) groups is 1. The monoisotopic (exact) mass is 286 g/mol. The van der Waals surface area contributed by atoms with Gasteiger partial charge in [0.15, 0.2) is 0 Å². The predicted octanol–water partition coefficient (Wildman–Crippen LogP) is 0.546. The zero-order valence-electron chi connectivity index (χ0n) is 11.1. The van der Waals surface area contributed by atoms with Crippen molar-refractivity contribution >= 4 is 15.9 Å². The number of ether oxygens (including phenoxy) is 1. The largest absolute Gasteiger partial charge is 0.494 e. The van der Waals surface area contributed by atoms with Crippen molar-refractivity contribution in [2.45, 2.75) is 31.7 Å². The molecule has 1 amide bonds. The molecule has 0 aliphatic rings. The molecule has 19 heavy (non-hydrogen) atoms. The summed E-state index contributed by atoms with van der Waals surface area (Å²) in [5, 5.41) is 0. The number of primary amides is 1. The number of sulfonamides is 1. The molecule has 1 rings (SSSR count). The Hall–Kier alpha value is -1.60. The summed E-state index contributed by atoms with van der Waals surface area (Å²) in [5.41, 5.74) is 5.73. The third kappa shape index (κ3) is 3.93. The topological polar surface area (TPSA) is 98.5 Å². The van der Waals surface area contributed by atoms with E-state index in [4.69, 9.17) is 10.5 Å². The molecule has 0 aromatic heterocycles. The van der Waals surface area contributed by atoms with Crippen LogP contribution in [0.3, 0.4) is 0 Å². The minimum atomic E-state index is -3.77. The Bertz CT molecular complexity index is 569. The maximum absolute atomic E-state index is 12.0. The first-order chi connectivity index (χ1) is 8.77. The number of hydrogen-bond acceptors (Lipinski definition) is 4. The van der Waals surface area contributed by atoms with E-state index in [-0.39, 0.29) is 4.90 Å². The molecule has 0 bridgehead atoms. The van der Waals surface area contributed by atoms with E-state index >= 15 is 0 Å². The molecule has 6 nitrogen and oxygen atoms in total. The second-order valence-corrected chi connectivity index (χ2v) is 5.82. The van der Waals surface area contributed by atoms with Crippen molar-refractivity contribution in [2.75, 3.05) is 6.61 Å². The van der Waals surface area contributed by atoms with Gasteiger partial charge in [0, 0.05) is 0 Å². The molecule has 1 aromatic rings. The molecule has 1 unspecified atom stereocenters. The van der Waals surface area contributed by atoms with E-state index in [0.29, 0.717) is 17.9 Å². The average Bonchev–Trinajstić information content (AvgIpc) is 2.31. The zero-order chi connectivity index (χ0) is 14.6. The summed E-state index contributed by atoms with van der Waals surface area (Å²) in [6.07, 6.45) is 0. The number of hydrogen-bond donors (Lipinski definition) is 2. The zero-order valence-corrected chi connectivity index (χ0v) is 12.0. The molecule has 0 spiro atoms. The summed E-state index contributed by atoms with van der Waals surface area (Å²) in [4.78, 5) is 11.0. The number of rotatable bonds is 6. The molecule has 0 aliphatic heterocycles. The smallest absolute Gasteiger partial charge is 0.241 e. The van der Waals surface area contributed by atoms with Crippen LogP contribution in [0.25, 0.3) is 0 Å². The number of nitrogens with two attached hydrogens (primary N) is 1. The lowest BCUT2D eigenvalue weighted by molar-refractivity contribution is -0.119. The van der Waals surface area contributed by atoms with Gasteiger partial charge in [-0.3, -0.25) is 4.79 Å². The van der Waals surface area contributed by atoms with Gasteiger partial charge in [-0.2, -0.15) is 4.72 Å². The third-order valence-electron chi connectivity index (χ3n) is 2.52. The van der Waals surface area contributed by atoms with Gasteiger partial charge in [0.05, 0.1) is 17.5 Å². The SMILES string of the molecule is CCOc1ccc(S(=O)(=O)NC(C)C(N)=O)cc1C. The Morgan fingerprint density at radius 2 is 2.11 bits per heavy atom. The van der Waals surface area contributed by atoms with Gasteiger partial charge in [0.25, 0.3) is 0 Å². The van der Waals surface area contributed by atoms with Gasteiger partial charge >= 0.3 is 0 Å². The molecule has 3 N–H and O–H groups in total. The summed E-state index contributed by atoms with van der Waals surface area (Å²) < 4.78 is 31.6. The fourth-order valence-electron chi connectivity index (χ4n) is 1.47. The van der Waals surface area contributed by atoms with Crippen LogP contribution < -0.4 is 15.2 Å². The molecule has 0 aliphatic carbocycles. The van der Waals surface area contributed by atoms with Crippen LogP contribution in [-0.4, -0.2) is 27.0 Å². The van der Waals surface area contributed by atoms with Crippen molar-refractivity contribution in [1.82, 2.24) is 4.72 Å². The Balaban J connectivity index is 3.02.